The molecule has 50 heavy (non-hydrogen) atoms. The molecule has 0 atom stereocenters. The smallest absolute Gasteiger partial charge is 0.307 e. The number of furan rings is 1. The number of benzene rings is 5. The zero-order valence-corrected chi connectivity index (χ0v) is 27.5. The first-order chi connectivity index (χ1) is 24.4. The summed E-state index contributed by atoms with van der Waals surface area (Å²) in [7, 11) is 0. The minimum atomic E-state index is -0.0230. The standard InChI is InChI=1S/C42H29N5O3/c1-42(2,3)24-19-20-43-36(21-24)46-29-11-6-4-9-26(29)27-16-15-25(22-32(27)46)48-37-23-45-40-31(47-30-12-7-5-10-28(30)44-41(45)47)17-18-35-39(40)38-33(49-35)13-8-14-34(38)50-37/h4-23H,1-3H3. The predicted octanol–water partition coefficient (Wildman–Crippen LogP) is 11.0. The number of nitrogens with zero attached hydrogens (tertiary/aromatic N) is 5. The number of hydrogen-bond donors (Lipinski definition) is 0. The van der Waals surface area contributed by atoms with E-state index in [2.05, 4.69) is 94.8 Å². The Kier molecular flexibility index (Phi) is 5.23. The summed E-state index contributed by atoms with van der Waals surface area (Å²) in [5.41, 5.74) is 9.39. The Hall–Kier alpha value is -6.54. The van der Waals surface area contributed by atoms with Crippen LogP contribution in [0.5, 0.6) is 11.7 Å². The summed E-state index contributed by atoms with van der Waals surface area (Å²) < 4.78 is 26.2. The maximum Gasteiger partial charge on any atom is 0.307 e. The highest BCUT2D eigenvalue weighted by atomic mass is 16.6. The third-order valence-corrected chi connectivity index (χ3v) is 9.97. The van der Waals surface area contributed by atoms with E-state index in [-0.39, 0.29) is 5.41 Å². The molecule has 8 nitrogen and oxygen atoms in total. The van der Waals surface area contributed by atoms with Gasteiger partial charge in [-0.3, -0.25) is 13.4 Å². The van der Waals surface area contributed by atoms with Gasteiger partial charge in [0.2, 0.25) is 5.78 Å². The second-order valence-corrected chi connectivity index (χ2v) is 14.0. The molecule has 0 unspecified atom stereocenters. The second kappa shape index (κ2) is 9.54. The molecular formula is C42H29N5O3. The lowest BCUT2D eigenvalue weighted by Gasteiger charge is -2.20. The molecule has 8 heteroatoms. The molecule has 6 aromatic heterocycles. The van der Waals surface area contributed by atoms with Gasteiger partial charge in [0.05, 0.1) is 50.1 Å². The molecule has 0 saturated heterocycles. The van der Waals surface area contributed by atoms with Crippen LogP contribution in [0.1, 0.15) is 26.3 Å². The molecule has 0 N–H and O–H groups in total. The van der Waals surface area contributed by atoms with E-state index in [4.69, 9.17) is 23.5 Å². The first-order valence-electron chi connectivity index (χ1n) is 16.7. The van der Waals surface area contributed by atoms with Gasteiger partial charge in [0.15, 0.2) is 0 Å². The molecule has 0 aliphatic rings. The molecule has 0 amide bonds. The molecule has 11 aromatic rings. The highest BCUT2D eigenvalue weighted by Crippen LogP contribution is 2.41. The van der Waals surface area contributed by atoms with Crippen molar-refractivity contribution in [1.29, 1.82) is 0 Å². The third kappa shape index (κ3) is 3.70. The van der Waals surface area contributed by atoms with Crippen molar-refractivity contribution in [3.8, 4) is 17.5 Å². The van der Waals surface area contributed by atoms with Crippen LogP contribution < -0.4 is 4.74 Å². The first kappa shape index (κ1) is 27.4. The highest BCUT2D eigenvalue weighted by molar-refractivity contribution is 6.22. The van der Waals surface area contributed by atoms with Crippen molar-refractivity contribution in [1.82, 2.24) is 23.3 Å². The van der Waals surface area contributed by atoms with Gasteiger partial charge >= 0.3 is 5.95 Å². The molecule has 0 aliphatic carbocycles. The Bertz CT molecular complexity index is 3180. The normalized spacial score (nSPS) is 12.7. The van der Waals surface area contributed by atoms with Crippen molar-refractivity contribution in [2.75, 3.05) is 0 Å². The number of hydrogen-bond acceptors (Lipinski definition) is 5. The van der Waals surface area contributed by atoms with Gasteiger partial charge in [0.1, 0.15) is 28.3 Å². The number of imidazole rings is 2. The lowest BCUT2D eigenvalue weighted by atomic mass is 9.88. The number of rotatable bonds is 3. The monoisotopic (exact) mass is 651 g/mol. The molecule has 0 saturated carbocycles. The summed E-state index contributed by atoms with van der Waals surface area (Å²) in [4.78, 5) is 9.92. The maximum atomic E-state index is 6.72. The molecule has 0 radical (unpaired) electrons. The number of pyridine rings is 1. The molecule has 5 aromatic carbocycles. The van der Waals surface area contributed by atoms with Crippen molar-refractivity contribution < 1.29 is 13.6 Å². The van der Waals surface area contributed by atoms with E-state index < -0.39 is 0 Å². The first-order valence-corrected chi connectivity index (χ1v) is 16.7. The SMILES string of the molecule is CC(C)(C)c1ccnc(-n2c3ccccc3c3ccc(Oc4cn5c6c7c(ccc6n6c8ccccc8nc56)oc5cccc(o4)c57)cc32)c1. The van der Waals surface area contributed by atoms with Crippen LogP contribution >= 0.6 is 0 Å². The van der Waals surface area contributed by atoms with E-state index in [1.54, 1.807) is 0 Å². The fourth-order valence-electron chi connectivity index (χ4n) is 7.66. The van der Waals surface area contributed by atoms with Gasteiger partial charge in [0.25, 0.3) is 0 Å². The van der Waals surface area contributed by atoms with Crippen molar-refractivity contribution in [3.05, 3.63) is 127 Å². The minimum Gasteiger partial charge on any atom is -0.456 e. The average molecular weight is 652 g/mol. The van der Waals surface area contributed by atoms with E-state index >= 15 is 0 Å². The Morgan fingerprint density at radius 1 is 0.660 bits per heavy atom. The number of aromatic nitrogens is 5. The molecule has 0 spiro atoms. The van der Waals surface area contributed by atoms with Gasteiger partial charge < -0.3 is 13.6 Å². The van der Waals surface area contributed by atoms with E-state index in [1.807, 2.05) is 60.9 Å². The van der Waals surface area contributed by atoms with Crippen LogP contribution in [0.15, 0.2) is 130 Å². The molecule has 0 bridgehead atoms. The van der Waals surface area contributed by atoms with E-state index in [9.17, 15) is 0 Å². The summed E-state index contributed by atoms with van der Waals surface area (Å²) in [6.45, 7) is 6.66. The van der Waals surface area contributed by atoms with Crippen molar-refractivity contribution in [3.63, 3.8) is 0 Å². The lowest BCUT2D eigenvalue weighted by molar-refractivity contribution is 0.353. The van der Waals surface area contributed by atoms with Crippen LogP contribution in [-0.4, -0.2) is 23.3 Å². The average Bonchev–Trinajstić information content (AvgIpc) is 3.85. The summed E-state index contributed by atoms with van der Waals surface area (Å²) >= 11 is 0. The molecule has 6 heterocycles. The molecule has 0 fully saturated rings. The summed E-state index contributed by atoms with van der Waals surface area (Å²) in [6.07, 6.45) is 3.79. The van der Waals surface area contributed by atoms with Crippen LogP contribution in [0.2, 0.25) is 0 Å². The number of para-hydroxylation sites is 3. The van der Waals surface area contributed by atoms with Crippen molar-refractivity contribution in [2.24, 2.45) is 0 Å². The van der Waals surface area contributed by atoms with Crippen molar-refractivity contribution in [2.45, 2.75) is 26.2 Å². The van der Waals surface area contributed by atoms with Gasteiger partial charge in [0, 0.05) is 23.0 Å². The Balaban J connectivity index is 1.18. The lowest BCUT2D eigenvalue weighted by Crippen LogP contribution is -2.12. The molecule has 240 valence electrons. The quantitative estimate of drug-likeness (QED) is 0.190. The summed E-state index contributed by atoms with van der Waals surface area (Å²) in [5, 5.41) is 4.14. The number of ether oxygens (including phenoxy) is 1. The zero-order valence-electron chi connectivity index (χ0n) is 27.5. The topological polar surface area (TPSA) is 75.0 Å². The second-order valence-electron chi connectivity index (χ2n) is 14.0. The van der Waals surface area contributed by atoms with Gasteiger partial charge in [-0.15, -0.1) is 0 Å². The predicted molar refractivity (Wildman–Crippen MR) is 198 cm³/mol. The largest absolute Gasteiger partial charge is 0.456 e. The van der Waals surface area contributed by atoms with Crippen LogP contribution in [-0.2, 0) is 5.41 Å². The van der Waals surface area contributed by atoms with E-state index in [0.717, 1.165) is 77.4 Å². The summed E-state index contributed by atoms with van der Waals surface area (Å²) in [5.74, 6) is 2.55. The van der Waals surface area contributed by atoms with Gasteiger partial charge in [-0.25, -0.2) is 9.97 Å². The fourth-order valence-corrected chi connectivity index (χ4v) is 7.66. The summed E-state index contributed by atoms with van der Waals surface area (Å²) in [6, 6.07) is 37.1. The van der Waals surface area contributed by atoms with Crippen LogP contribution in [0.25, 0.3) is 83.0 Å². The highest BCUT2D eigenvalue weighted by Gasteiger charge is 2.23. The number of fused-ring (bicyclic) bond motifs is 8. The zero-order chi connectivity index (χ0) is 33.3. The van der Waals surface area contributed by atoms with Crippen molar-refractivity contribution >= 4 is 77.2 Å². The maximum absolute atomic E-state index is 6.72. The minimum absolute atomic E-state index is 0.0230. The Labute approximate surface area is 284 Å². The van der Waals surface area contributed by atoms with E-state index in [0.29, 0.717) is 17.3 Å². The van der Waals surface area contributed by atoms with Crippen LogP contribution in [0.3, 0.4) is 0 Å². The molecular weight excluding hydrogens is 622 g/mol. The molecule has 11 rings (SSSR count). The van der Waals surface area contributed by atoms with Crippen LogP contribution in [0, 0.1) is 0 Å². The van der Waals surface area contributed by atoms with Gasteiger partial charge in [-0.2, -0.15) is 0 Å². The Morgan fingerprint density at radius 2 is 1.44 bits per heavy atom. The third-order valence-electron chi connectivity index (χ3n) is 9.97. The Morgan fingerprint density at radius 3 is 2.32 bits per heavy atom. The van der Waals surface area contributed by atoms with Crippen LogP contribution in [0.4, 0.5) is 0 Å². The van der Waals surface area contributed by atoms with Gasteiger partial charge in [-0.05, 0) is 77.7 Å². The van der Waals surface area contributed by atoms with Gasteiger partial charge in [-0.1, -0.05) is 57.2 Å². The van der Waals surface area contributed by atoms with E-state index in [1.165, 1.54) is 5.56 Å². The molecule has 0 aliphatic heterocycles. The fraction of sp³-hybridized carbons (Fsp3) is 0.0952.